The number of fused-ring (bicyclic) bond motifs is 1. The van der Waals surface area contributed by atoms with Crippen LogP contribution in [0.1, 0.15) is 50.4 Å². The van der Waals surface area contributed by atoms with Gasteiger partial charge in [0.25, 0.3) is 11.6 Å². The smallest absolute Gasteiger partial charge is 0.359 e. The van der Waals surface area contributed by atoms with Crippen LogP contribution in [-0.2, 0) is 27.6 Å². The van der Waals surface area contributed by atoms with Crippen molar-refractivity contribution in [2.45, 2.75) is 81.5 Å². The molecule has 0 amide bonds. The van der Waals surface area contributed by atoms with Crippen molar-refractivity contribution in [2.24, 2.45) is 5.92 Å². The Bertz CT molecular complexity index is 777. The zero-order chi connectivity index (χ0) is 22.3. The first kappa shape index (κ1) is 22.9. The predicted molar refractivity (Wildman–Crippen MR) is 95.5 cm³/mol. The van der Waals surface area contributed by atoms with Gasteiger partial charge in [0.15, 0.2) is 5.69 Å². The summed E-state index contributed by atoms with van der Waals surface area (Å²) in [5, 5.41) is 57.1. The van der Waals surface area contributed by atoms with Crippen LogP contribution in [0.15, 0.2) is 0 Å². The summed E-state index contributed by atoms with van der Waals surface area (Å²) in [5.74, 6) is -5.72. The third-order valence-corrected chi connectivity index (χ3v) is 6.05. The number of alkyl halides is 2. The molecule has 1 saturated heterocycles. The molecule has 0 saturated carbocycles. The molecule has 0 aromatic carbocycles. The Hall–Kier alpha value is -1.73. The van der Waals surface area contributed by atoms with Gasteiger partial charge < -0.3 is 30.3 Å². The van der Waals surface area contributed by atoms with Crippen LogP contribution in [0.5, 0.6) is 0 Å². The average Bonchev–Trinajstić information content (AvgIpc) is 3.12. The van der Waals surface area contributed by atoms with Gasteiger partial charge in [-0.15, -0.1) is 5.10 Å². The minimum atomic E-state index is -3.29. The number of aliphatic carboxylic acids is 1. The van der Waals surface area contributed by atoms with Crippen molar-refractivity contribution in [3.05, 3.63) is 11.4 Å². The fraction of sp³-hybridized carbons (Fsp3) is 0.833. The highest BCUT2D eigenvalue weighted by Gasteiger charge is 2.56. The molecule has 0 bridgehead atoms. The van der Waals surface area contributed by atoms with Gasteiger partial charge in [-0.1, -0.05) is 18.6 Å². The summed E-state index contributed by atoms with van der Waals surface area (Å²) in [6.45, 7) is 0.656. The highest BCUT2D eigenvalue weighted by Crippen LogP contribution is 2.42. The summed E-state index contributed by atoms with van der Waals surface area (Å²) in [5.41, 5.74) is -3.13. The van der Waals surface area contributed by atoms with Crippen LogP contribution < -0.4 is 0 Å². The number of aromatic nitrogens is 3. The number of hydrogen-bond donors (Lipinski definition) is 5. The molecule has 1 unspecified atom stereocenters. The summed E-state index contributed by atoms with van der Waals surface area (Å²) >= 11 is 0. The topological polar surface area (TPSA) is 158 Å². The van der Waals surface area contributed by atoms with Gasteiger partial charge >= 0.3 is 5.97 Å². The molecule has 1 aliphatic carbocycles. The lowest BCUT2D eigenvalue weighted by molar-refractivity contribution is -0.267. The number of hydrogen-bond acceptors (Lipinski definition) is 8. The Morgan fingerprint density at radius 2 is 2.03 bits per heavy atom. The minimum Gasteiger partial charge on any atom is -0.478 e. The number of halogens is 2. The number of aliphatic hydroxyl groups is 4. The molecule has 12 heteroatoms. The zero-order valence-electron chi connectivity index (χ0n) is 16.5. The van der Waals surface area contributed by atoms with E-state index in [1.165, 1.54) is 6.92 Å². The molecule has 170 valence electrons. The molecule has 1 fully saturated rings. The van der Waals surface area contributed by atoms with E-state index in [1.54, 1.807) is 0 Å². The summed E-state index contributed by atoms with van der Waals surface area (Å²) in [6, 6.07) is 0. The van der Waals surface area contributed by atoms with E-state index in [2.05, 4.69) is 10.3 Å². The van der Waals surface area contributed by atoms with Crippen LogP contribution in [-0.4, -0.2) is 77.5 Å². The van der Waals surface area contributed by atoms with Crippen molar-refractivity contribution in [1.82, 2.24) is 15.0 Å². The van der Waals surface area contributed by atoms with Gasteiger partial charge in [-0.3, -0.25) is 0 Å². The molecule has 1 aliphatic heterocycles. The van der Waals surface area contributed by atoms with Crippen molar-refractivity contribution in [3.63, 3.8) is 0 Å². The van der Waals surface area contributed by atoms with Gasteiger partial charge in [0.1, 0.15) is 12.2 Å². The van der Waals surface area contributed by atoms with Crippen LogP contribution in [0.3, 0.4) is 0 Å². The zero-order valence-corrected chi connectivity index (χ0v) is 16.5. The van der Waals surface area contributed by atoms with E-state index in [0.29, 0.717) is 19.3 Å². The fourth-order valence-corrected chi connectivity index (χ4v) is 4.18. The second-order valence-corrected chi connectivity index (χ2v) is 8.10. The first-order chi connectivity index (χ1) is 14.0. The van der Waals surface area contributed by atoms with Crippen molar-refractivity contribution in [1.29, 1.82) is 0 Å². The number of ether oxygens (including phenoxy) is 1. The number of carboxylic acids is 1. The van der Waals surface area contributed by atoms with Crippen LogP contribution in [0.4, 0.5) is 8.78 Å². The van der Waals surface area contributed by atoms with Crippen LogP contribution in [0.25, 0.3) is 0 Å². The van der Waals surface area contributed by atoms with Crippen molar-refractivity contribution in [3.8, 4) is 0 Å². The van der Waals surface area contributed by atoms with Crippen LogP contribution >= 0.6 is 0 Å². The Morgan fingerprint density at radius 1 is 1.33 bits per heavy atom. The molecular weight excluding hydrogens is 408 g/mol. The van der Waals surface area contributed by atoms with Crippen molar-refractivity contribution < 1.29 is 43.8 Å². The Kier molecular flexibility index (Phi) is 6.44. The SMILES string of the molecule is C[C@H]1C([C@H](O)[C@H](O)CO)O[C@](C(=O)O)(n2nnc3c2CCCCCC3(F)F)C[C@H]1O. The summed E-state index contributed by atoms with van der Waals surface area (Å²) < 4.78 is 35.6. The van der Waals surface area contributed by atoms with Gasteiger partial charge in [0.2, 0.25) is 0 Å². The highest BCUT2D eigenvalue weighted by molar-refractivity contribution is 5.75. The second-order valence-electron chi connectivity index (χ2n) is 8.10. The van der Waals surface area contributed by atoms with Gasteiger partial charge in [-0.25, -0.2) is 9.48 Å². The van der Waals surface area contributed by atoms with Gasteiger partial charge in [-0.2, -0.15) is 8.78 Å². The van der Waals surface area contributed by atoms with Gasteiger partial charge in [0.05, 0.1) is 24.5 Å². The molecule has 2 aliphatic rings. The quantitative estimate of drug-likeness (QED) is 0.419. The normalized spacial score (nSPS) is 33.8. The first-order valence-electron chi connectivity index (χ1n) is 9.95. The van der Waals surface area contributed by atoms with E-state index in [-0.39, 0.29) is 12.1 Å². The molecular formula is C18H27F2N3O7. The van der Waals surface area contributed by atoms with Crippen molar-refractivity contribution >= 4 is 5.97 Å². The molecule has 2 heterocycles. The lowest BCUT2D eigenvalue weighted by atomic mass is 9.83. The summed E-state index contributed by atoms with van der Waals surface area (Å²) in [6.07, 6.45) is -5.67. The van der Waals surface area contributed by atoms with Gasteiger partial charge in [0, 0.05) is 18.8 Å². The van der Waals surface area contributed by atoms with E-state index in [9.17, 15) is 34.0 Å². The highest BCUT2D eigenvalue weighted by atomic mass is 19.3. The van der Waals surface area contributed by atoms with Crippen LogP contribution in [0.2, 0.25) is 0 Å². The van der Waals surface area contributed by atoms with E-state index in [4.69, 9.17) is 9.84 Å². The number of carbonyl (C=O) groups is 1. The second kappa shape index (κ2) is 8.42. The number of carboxylic acid groups (broad SMARTS) is 1. The number of rotatable bonds is 5. The Morgan fingerprint density at radius 3 is 2.67 bits per heavy atom. The largest absolute Gasteiger partial charge is 0.478 e. The fourth-order valence-electron chi connectivity index (χ4n) is 4.18. The third kappa shape index (κ3) is 3.82. The van der Waals surface area contributed by atoms with E-state index >= 15 is 0 Å². The molecule has 1 aromatic rings. The monoisotopic (exact) mass is 435 g/mol. The first-order valence-corrected chi connectivity index (χ1v) is 9.95. The lowest BCUT2D eigenvalue weighted by Gasteiger charge is -2.46. The average molecular weight is 435 g/mol. The molecule has 1 aromatic heterocycles. The van der Waals surface area contributed by atoms with E-state index < -0.39 is 73.1 Å². The standard InChI is InChI=1S/C18H27F2N3O7/c1-9-11(25)7-18(16(28)29,30-14(9)13(27)12(26)8-24)23-10-5-3-2-4-6-17(19,20)15(10)21-22-23/h9,11-14,24-27H,2-8H2,1H3,(H,28,29)/t9-,11-,12-,13-,14?,18-/m1/s1. The van der Waals surface area contributed by atoms with E-state index in [1.807, 2.05) is 0 Å². The maximum atomic E-state index is 14.6. The summed E-state index contributed by atoms with van der Waals surface area (Å²) in [7, 11) is 0. The Balaban J connectivity index is 2.10. The number of aliphatic hydroxyl groups excluding tert-OH is 4. The van der Waals surface area contributed by atoms with Crippen LogP contribution in [0, 0.1) is 5.92 Å². The molecule has 0 radical (unpaired) electrons. The maximum absolute atomic E-state index is 14.6. The van der Waals surface area contributed by atoms with Gasteiger partial charge in [-0.05, 0) is 19.3 Å². The third-order valence-electron chi connectivity index (χ3n) is 6.05. The van der Waals surface area contributed by atoms with E-state index in [0.717, 1.165) is 4.68 Å². The molecule has 6 atom stereocenters. The molecule has 0 spiro atoms. The lowest BCUT2D eigenvalue weighted by Crippen LogP contribution is -2.61. The number of nitrogens with zero attached hydrogens (tertiary/aromatic N) is 3. The summed E-state index contributed by atoms with van der Waals surface area (Å²) in [4.78, 5) is 12.3. The minimum absolute atomic E-state index is 0.0917. The molecule has 10 nitrogen and oxygen atoms in total. The van der Waals surface area contributed by atoms with Crippen molar-refractivity contribution in [2.75, 3.05) is 6.61 Å². The molecule has 5 N–H and O–H groups in total. The molecule has 30 heavy (non-hydrogen) atoms. The molecule has 3 rings (SSSR count). The predicted octanol–water partition coefficient (Wildman–Crippen LogP) is -0.276. The Labute approximate surface area is 171 Å². The maximum Gasteiger partial charge on any atom is 0.359 e.